The predicted molar refractivity (Wildman–Crippen MR) is 129 cm³/mol. The van der Waals surface area contributed by atoms with Crippen molar-refractivity contribution in [2.45, 2.75) is 20.4 Å². The van der Waals surface area contributed by atoms with Crippen LogP contribution in [0.5, 0.6) is 0 Å². The third-order valence-electron chi connectivity index (χ3n) is 5.63. The molecule has 0 unspecified atom stereocenters. The number of nitrogens with zero attached hydrogens (tertiary/aromatic N) is 4. The van der Waals surface area contributed by atoms with E-state index in [9.17, 15) is 14.4 Å². The van der Waals surface area contributed by atoms with E-state index in [4.69, 9.17) is 0 Å². The van der Waals surface area contributed by atoms with Gasteiger partial charge in [-0.05, 0) is 61.4 Å². The molecule has 0 spiro atoms. The van der Waals surface area contributed by atoms with Crippen LogP contribution in [-0.4, -0.2) is 30.9 Å². The van der Waals surface area contributed by atoms with Gasteiger partial charge in [0.25, 0.3) is 11.5 Å². The number of aromatic nitrogens is 4. The maximum absolute atomic E-state index is 13.4. The van der Waals surface area contributed by atoms with Gasteiger partial charge >= 0.3 is 0 Å². The number of carbonyl (C=O) groups excluding carboxylic acids is 2. The molecule has 0 bridgehead atoms. The number of amides is 1. The summed E-state index contributed by atoms with van der Waals surface area (Å²) in [7, 11) is 0. The van der Waals surface area contributed by atoms with Crippen LogP contribution in [0.3, 0.4) is 0 Å². The Hall–Kier alpha value is -4.59. The van der Waals surface area contributed by atoms with Crippen LogP contribution in [0.15, 0.2) is 77.6 Å². The van der Waals surface area contributed by atoms with Crippen LogP contribution >= 0.6 is 0 Å². The summed E-state index contributed by atoms with van der Waals surface area (Å²) in [6.07, 6.45) is 0. The monoisotopic (exact) mass is 451 g/mol. The molecule has 2 aromatic heterocycles. The van der Waals surface area contributed by atoms with Gasteiger partial charge in [0.1, 0.15) is 0 Å². The number of Topliss-reactive ketones (excluding diaryl/α,β-unsaturated/α-hetero) is 1. The van der Waals surface area contributed by atoms with Crippen molar-refractivity contribution in [1.29, 1.82) is 0 Å². The summed E-state index contributed by atoms with van der Waals surface area (Å²) >= 11 is 0. The lowest BCUT2D eigenvalue weighted by Crippen LogP contribution is -2.24. The Morgan fingerprint density at radius 2 is 1.68 bits per heavy atom. The van der Waals surface area contributed by atoms with Crippen molar-refractivity contribution in [2.75, 3.05) is 5.32 Å². The van der Waals surface area contributed by atoms with Gasteiger partial charge in [-0.15, -0.1) is 5.10 Å². The molecule has 0 saturated carbocycles. The average molecular weight is 451 g/mol. The first kappa shape index (κ1) is 21.3. The molecule has 34 heavy (non-hydrogen) atoms. The first-order chi connectivity index (χ1) is 16.4. The lowest BCUT2D eigenvalue weighted by Gasteiger charge is -2.12. The summed E-state index contributed by atoms with van der Waals surface area (Å²) in [5, 5.41) is 7.07. The first-order valence-corrected chi connectivity index (χ1v) is 10.8. The van der Waals surface area contributed by atoms with Crippen LogP contribution in [0.2, 0.25) is 0 Å². The number of benzene rings is 3. The quantitative estimate of drug-likeness (QED) is 0.409. The number of rotatable bonds is 5. The molecule has 8 nitrogen and oxygen atoms in total. The highest BCUT2D eigenvalue weighted by Crippen LogP contribution is 2.18. The van der Waals surface area contributed by atoms with E-state index < -0.39 is 5.91 Å². The smallest absolute Gasteiger partial charge is 0.296 e. The zero-order valence-corrected chi connectivity index (χ0v) is 18.6. The van der Waals surface area contributed by atoms with E-state index in [0.717, 1.165) is 11.1 Å². The Labute approximate surface area is 194 Å². The fraction of sp³-hybridized carbons (Fsp3) is 0.115. The summed E-state index contributed by atoms with van der Waals surface area (Å²) in [6.45, 7) is 3.80. The van der Waals surface area contributed by atoms with E-state index in [-0.39, 0.29) is 22.8 Å². The van der Waals surface area contributed by atoms with E-state index in [1.807, 2.05) is 55.5 Å². The molecule has 5 aromatic rings. The van der Waals surface area contributed by atoms with Crippen LogP contribution < -0.4 is 10.9 Å². The van der Waals surface area contributed by atoms with E-state index in [2.05, 4.69) is 15.4 Å². The first-order valence-electron chi connectivity index (χ1n) is 10.8. The Bertz CT molecular complexity index is 1620. The standard InChI is InChI=1S/C26H21N5O3/c1-16-8-13-21-22(14-16)30(15-18-6-4-3-5-7-18)26(34)24-28-23(29-31(21)24)25(33)27-20-11-9-19(10-12-20)17(2)32/h3-14H,15H2,1-2H3,(H,27,33). The molecule has 0 aliphatic heterocycles. The number of anilines is 1. The van der Waals surface area contributed by atoms with E-state index >= 15 is 0 Å². The van der Waals surface area contributed by atoms with Crippen molar-refractivity contribution in [2.24, 2.45) is 0 Å². The maximum Gasteiger partial charge on any atom is 0.296 e. The van der Waals surface area contributed by atoms with Crippen molar-refractivity contribution in [3.05, 3.63) is 106 Å². The topological polar surface area (TPSA) is 98.4 Å². The normalized spacial score (nSPS) is 11.1. The van der Waals surface area contributed by atoms with Gasteiger partial charge in [-0.3, -0.25) is 19.0 Å². The second-order valence-electron chi connectivity index (χ2n) is 8.13. The van der Waals surface area contributed by atoms with E-state index in [0.29, 0.717) is 28.8 Å². The second kappa shape index (κ2) is 8.40. The van der Waals surface area contributed by atoms with Crippen molar-refractivity contribution in [3.8, 4) is 0 Å². The molecule has 0 aliphatic carbocycles. The largest absolute Gasteiger partial charge is 0.319 e. The molecule has 168 valence electrons. The number of nitrogens with one attached hydrogen (secondary N) is 1. The highest BCUT2D eigenvalue weighted by Gasteiger charge is 2.19. The van der Waals surface area contributed by atoms with Crippen molar-refractivity contribution in [1.82, 2.24) is 19.2 Å². The van der Waals surface area contributed by atoms with Crippen molar-refractivity contribution < 1.29 is 9.59 Å². The number of ketones is 1. The fourth-order valence-corrected chi connectivity index (χ4v) is 3.87. The van der Waals surface area contributed by atoms with Crippen molar-refractivity contribution >= 4 is 34.1 Å². The highest BCUT2D eigenvalue weighted by molar-refractivity contribution is 6.02. The number of fused-ring (bicyclic) bond motifs is 3. The van der Waals surface area contributed by atoms with Gasteiger partial charge < -0.3 is 5.32 Å². The third-order valence-corrected chi connectivity index (χ3v) is 5.63. The molecule has 0 radical (unpaired) electrons. The second-order valence-corrected chi connectivity index (χ2v) is 8.13. The fourth-order valence-electron chi connectivity index (χ4n) is 3.87. The van der Waals surface area contributed by atoms with Crippen LogP contribution in [0.25, 0.3) is 16.7 Å². The van der Waals surface area contributed by atoms with Crippen LogP contribution in [0, 0.1) is 6.92 Å². The van der Waals surface area contributed by atoms with Crippen LogP contribution in [0.1, 0.15) is 39.0 Å². The van der Waals surface area contributed by atoms with E-state index in [1.54, 1.807) is 28.8 Å². The molecule has 0 saturated heterocycles. The van der Waals surface area contributed by atoms with Gasteiger partial charge in [0.15, 0.2) is 5.78 Å². The maximum atomic E-state index is 13.4. The molecule has 0 atom stereocenters. The SMILES string of the molecule is CC(=O)c1ccc(NC(=O)c2nc3c(=O)n(Cc4ccccc4)c4cc(C)ccc4n3n2)cc1. The minimum Gasteiger partial charge on any atom is -0.319 e. The molecule has 1 amide bonds. The molecule has 0 fully saturated rings. The van der Waals surface area contributed by atoms with E-state index in [1.165, 1.54) is 11.4 Å². The summed E-state index contributed by atoms with van der Waals surface area (Å²) in [6, 6.07) is 21.9. The molecule has 8 heteroatoms. The average Bonchev–Trinajstić information content (AvgIpc) is 3.29. The molecule has 1 N–H and O–H groups in total. The summed E-state index contributed by atoms with van der Waals surface area (Å²) < 4.78 is 3.08. The summed E-state index contributed by atoms with van der Waals surface area (Å²) in [5.74, 6) is -0.727. The van der Waals surface area contributed by atoms with Gasteiger partial charge in [-0.1, -0.05) is 36.4 Å². The predicted octanol–water partition coefficient (Wildman–Crippen LogP) is 3.86. The minimum absolute atomic E-state index is 0.0613. The number of aryl methyl sites for hydroxylation is 1. The Balaban J connectivity index is 1.59. The van der Waals surface area contributed by atoms with Gasteiger partial charge in [-0.2, -0.15) is 4.98 Å². The Morgan fingerprint density at radius 3 is 2.38 bits per heavy atom. The van der Waals surface area contributed by atoms with Crippen LogP contribution in [0.4, 0.5) is 5.69 Å². The van der Waals surface area contributed by atoms with Crippen LogP contribution in [-0.2, 0) is 6.54 Å². The molecule has 5 rings (SSSR count). The highest BCUT2D eigenvalue weighted by atomic mass is 16.2. The Kier molecular flexibility index (Phi) is 5.25. The summed E-state index contributed by atoms with van der Waals surface area (Å²) in [4.78, 5) is 42.0. The Morgan fingerprint density at radius 1 is 0.941 bits per heavy atom. The molecular weight excluding hydrogens is 430 g/mol. The lowest BCUT2D eigenvalue weighted by atomic mass is 10.1. The van der Waals surface area contributed by atoms with Gasteiger partial charge in [0, 0.05) is 11.3 Å². The van der Waals surface area contributed by atoms with Gasteiger partial charge in [0.05, 0.1) is 17.6 Å². The van der Waals surface area contributed by atoms with Crippen molar-refractivity contribution in [3.63, 3.8) is 0 Å². The molecule has 2 heterocycles. The molecular formula is C26H21N5O3. The third kappa shape index (κ3) is 3.86. The lowest BCUT2D eigenvalue weighted by molar-refractivity contribution is 0.101. The molecule has 0 aliphatic rings. The zero-order chi connectivity index (χ0) is 23.8. The number of carbonyl (C=O) groups is 2. The van der Waals surface area contributed by atoms with Gasteiger partial charge in [0.2, 0.25) is 11.5 Å². The summed E-state index contributed by atoms with van der Waals surface area (Å²) in [5.41, 5.74) is 4.14. The zero-order valence-electron chi connectivity index (χ0n) is 18.6. The number of hydrogen-bond donors (Lipinski definition) is 1. The molecule has 3 aromatic carbocycles. The minimum atomic E-state index is -0.548. The van der Waals surface area contributed by atoms with Gasteiger partial charge in [-0.25, -0.2) is 4.52 Å². The number of hydrogen-bond acceptors (Lipinski definition) is 5.